The van der Waals surface area contributed by atoms with E-state index in [2.05, 4.69) is 11.8 Å². The summed E-state index contributed by atoms with van der Waals surface area (Å²) in [6, 6.07) is 7.48. The average molecular weight is 359 g/mol. The van der Waals surface area contributed by atoms with Gasteiger partial charge in [0.1, 0.15) is 19.3 Å². The van der Waals surface area contributed by atoms with Crippen LogP contribution in [0.5, 0.6) is 11.5 Å². The molecule has 0 aromatic heterocycles. The molecule has 3 rings (SSSR count). The van der Waals surface area contributed by atoms with E-state index in [1.165, 1.54) is 0 Å². The molecule has 1 aromatic rings. The van der Waals surface area contributed by atoms with Gasteiger partial charge in [-0.2, -0.15) is 13.2 Å². The molecule has 0 N–H and O–H groups in total. The van der Waals surface area contributed by atoms with E-state index in [4.69, 9.17) is 14.2 Å². The van der Waals surface area contributed by atoms with Gasteiger partial charge in [0.15, 0.2) is 11.5 Å². The number of hydrogen-bond acceptors (Lipinski definition) is 4. The third kappa shape index (κ3) is 5.01. The van der Waals surface area contributed by atoms with Gasteiger partial charge in [-0.3, -0.25) is 4.90 Å². The number of rotatable bonds is 5. The summed E-state index contributed by atoms with van der Waals surface area (Å²) in [5.74, 6) is 1.74. The fraction of sp³-hybridized carbons (Fsp3) is 0.667. The van der Waals surface area contributed by atoms with Gasteiger partial charge in [-0.1, -0.05) is 19.1 Å². The maximum atomic E-state index is 12.3. The molecule has 4 nitrogen and oxygen atoms in total. The van der Waals surface area contributed by atoms with Crippen LogP contribution in [0.2, 0.25) is 0 Å². The zero-order valence-corrected chi connectivity index (χ0v) is 14.3. The number of nitrogens with zero attached hydrogens (tertiary/aromatic N) is 1. The highest BCUT2D eigenvalue weighted by molar-refractivity contribution is 5.40. The Morgan fingerprint density at radius 3 is 2.76 bits per heavy atom. The minimum atomic E-state index is -4.28. The number of benzene rings is 1. The summed E-state index contributed by atoms with van der Waals surface area (Å²) in [4.78, 5) is 2.19. The van der Waals surface area contributed by atoms with Crippen molar-refractivity contribution in [1.82, 2.24) is 4.90 Å². The van der Waals surface area contributed by atoms with E-state index >= 15 is 0 Å². The minimum Gasteiger partial charge on any atom is -0.486 e. The van der Waals surface area contributed by atoms with E-state index in [1.807, 2.05) is 24.3 Å². The number of para-hydroxylation sites is 2. The first-order valence-electron chi connectivity index (χ1n) is 8.69. The van der Waals surface area contributed by atoms with E-state index in [0.29, 0.717) is 24.8 Å². The summed E-state index contributed by atoms with van der Waals surface area (Å²) in [5.41, 5.74) is 0. The molecular weight excluding hydrogens is 335 g/mol. The Morgan fingerprint density at radius 2 is 2.00 bits per heavy atom. The van der Waals surface area contributed by atoms with Crippen LogP contribution in [0.1, 0.15) is 19.8 Å². The lowest BCUT2D eigenvalue weighted by Crippen LogP contribution is -2.52. The van der Waals surface area contributed by atoms with E-state index in [9.17, 15) is 13.2 Å². The van der Waals surface area contributed by atoms with Crippen molar-refractivity contribution < 1.29 is 27.4 Å². The van der Waals surface area contributed by atoms with Gasteiger partial charge in [-0.15, -0.1) is 0 Å². The molecule has 2 heterocycles. The fourth-order valence-corrected chi connectivity index (χ4v) is 3.54. The number of ether oxygens (including phenoxy) is 3. The lowest BCUT2D eigenvalue weighted by Gasteiger charge is -2.42. The Balaban J connectivity index is 1.57. The molecule has 1 saturated heterocycles. The van der Waals surface area contributed by atoms with Crippen LogP contribution in [-0.4, -0.2) is 56.1 Å². The van der Waals surface area contributed by atoms with Crippen molar-refractivity contribution in [3.05, 3.63) is 24.3 Å². The zero-order valence-electron chi connectivity index (χ0n) is 14.3. The number of likely N-dealkylation sites (tertiary alicyclic amines) is 1. The topological polar surface area (TPSA) is 30.9 Å². The second-order valence-corrected chi connectivity index (χ2v) is 6.81. The van der Waals surface area contributed by atoms with Crippen molar-refractivity contribution in [3.8, 4) is 11.5 Å². The number of fused-ring (bicyclic) bond motifs is 1. The predicted octanol–water partition coefficient (Wildman–Crippen LogP) is 3.51. The second-order valence-electron chi connectivity index (χ2n) is 6.81. The molecule has 0 bridgehead atoms. The van der Waals surface area contributed by atoms with Crippen molar-refractivity contribution in [2.24, 2.45) is 5.92 Å². The molecule has 1 fully saturated rings. The van der Waals surface area contributed by atoms with Crippen molar-refractivity contribution in [1.29, 1.82) is 0 Å². The van der Waals surface area contributed by atoms with Crippen LogP contribution < -0.4 is 9.47 Å². The highest BCUT2D eigenvalue weighted by atomic mass is 19.4. The summed E-state index contributed by atoms with van der Waals surface area (Å²) < 4.78 is 53.7. The van der Waals surface area contributed by atoms with Gasteiger partial charge in [0.2, 0.25) is 0 Å². The van der Waals surface area contributed by atoms with E-state index < -0.39 is 12.8 Å². The Kier molecular flexibility index (Phi) is 5.74. The Labute approximate surface area is 145 Å². The molecule has 3 atom stereocenters. The van der Waals surface area contributed by atoms with Crippen molar-refractivity contribution in [2.45, 2.75) is 38.1 Å². The van der Waals surface area contributed by atoms with Gasteiger partial charge in [0, 0.05) is 12.6 Å². The van der Waals surface area contributed by atoms with Crippen LogP contribution in [0, 0.1) is 5.92 Å². The monoisotopic (exact) mass is 359 g/mol. The first-order chi connectivity index (χ1) is 11.9. The second kappa shape index (κ2) is 7.83. The molecule has 2 aliphatic rings. The minimum absolute atomic E-state index is 0.0307. The summed E-state index contributed by atoms with van der Waals surface area (Å²) in [6.45, 7) is 2.87. The summed E-state index contributed by atoms with van der Waals surface area (Å²) in [5, 5.41) is 0. The van der Waals surface area contributed by atoms with E-state index in [1.54, 1.807) is 0 Å². The number of hydrogen-bond donors (Lipinski definition) is 0. The molecule has 25 heavy (non-hydrogen) atoms. The molecule has 7 heteroatoms. The van der Waals surface area contributed by atoms with E-state index in [0.717, 1.165) is 25.1 Å². The Hall–Kier alpha value is -1.47. The Bertz CT molecular complexity index is 567. The average Bonchev–Trinajstić information content (AvgIpc) is 2.56. The van der Waals surface area contributed by atoms with Gasteiger partial charge < -0.3 is 14.2 Å². The number of alkyl halides is 3. The SMILES string of the molecule is CC1CCCN(CC2COc3ccccc3O2)C1COCC(F)(F)F. The maximum Gasteiger partial charge on any atom is 0.411 e. The molecule has 1 aromatic carbocycles. The van der Waals surface area contributed by atoms with Crippen LogP contribution in [0.15, 0.2) is 24.3 Å². The van der Waals surface area contributed by atoms with Crippen LogP contribution in [0.25, 0.3) is 0 Å². The third-order valence-corrected chi connectivity index (χ3v) is 4.79. The fourth-order valence-electron chi connectivity index (χ4n) is 3.54. The van der Waals surface area contributed by atoms with Crippen LogP contribution >= 0.6 is 0 Å². The van der Waals surface area contributed by atoms with Crippen LogP contribution in [0.4, 0.5) is 13.2 Å². The van der Waals surface area contributed by atoms with Crippen molar-refractivity contribution in [3.63, 3.8) is 0 Å². The van der Waals surface area contributed by atoms with Gasteiger partial charge in [0.25, 0.3) is 0 Å². The van der Waals surface area contributed by atoms with Crippen molar-refractivity contribution in [2.75, 3.05) is 32.9 Å². The summed E-state index contributed by atoms with van der Waals surface area (Å²) in [6.07, 6.45) is -2.39. The summed E-state index contributed by atoms with van der Waals surface area (Å²) in [7, 11) is 0. The molecule has 140 valence electrons. The maximum absolute atomic E-state index is 12.3. The lowest BCUT2D eigenvalue weighted by molar-refractivity contribution is -0.179. The van der Waals surface area contributed by atoms with E-state index in [-0.39, 0.29) is 18.8 Å². The molecule has 0 aliphatic carbocycles. The quantitative estimate of drug-likeness (QED) is 0.805. The van der Waals surface area contributed by atoms with Crippen molar-refractivity contribution >= 4 is 0 Å². The lowest BCUT2D eigenvalue weighted by atomic mass is 9.91. The molecule has 0 spiro atoms. The molecule has 2 aliphatic heterocycles. The van der Waals surface area contributed by atoms with Gasteiger partial charge in [-0.05, 0) is 37.4 Å². The normalized spacial score (nSPS) is 27.3. The predicted molar refractivity (Wildman–Crippen MR) is 87.0 cm³/mol. The number of piperidine rings is 1. The highest BCUT2D eigenvalue weighted by Crippen LogP contribution is 2.32. The largest absolute Gasteiger partial charge is 0.486 e. The van der Waals surface area contributed by atoms with Gasteiger partial charge >= 0.3 is 6.18 Å². The molecule has 0 amide bonds. The molecule has 3 unspecified atom stereocenters. The molecule has 0 saturated carbocycles. The third-order valence-electron chi connectivity index (χ3n) is 4.79. The van der Waals surface area contributed by atoms with Gasteiger partial charge in [-0.25, -0.2) is 0 Å². The number of halogens is 3. The molecule has 0 radical (unpaired) electrons. The van der Waals surface area contributed by atoms with Gasteiger partial charge in [0.05, 0.1) is 6.61 Å². The highest BCUT2D eigenvalue weighted by Gasteiger charge is 2.34. The van der Waals surface area contributed by atoms with Crippen LogP contribution in [-0.2, 0) is 4.74 Å². The summed E-state index contributed by atoms with van der Waals surface area (Å²) >= 11 is 0. The first-order valence-corrected chi connectivity index (χ1v) is 8.69. The first kappa shape index (κ1) is 18.3. The standard InChI is InChI=1S/C18H24F3NO3/c1-13-5-4-8-22(15(13)11-23-12-18(19,20)21)9-14-10-24-16-6-2-3-7-17(16)25-14/h2-3,6-7,13-15H,4-5,8-12H2,1H3. The van der Waals surface area contributed by atoms with Crippen LogP contribution in [0.3, 0.4) is 0 Å². The zero-order chi connectivity index (χ0) is 17.9. The Morgan fingerprint density at radius 1 is 1.24 bits per heavy atom. The molecular formula is C18H24F3NO3. The smallest absolute Gasteiger partial charge is 0.411 e.